The summed E-state index contributed by atoms with van der Waals surface area (Å²) in [6.07, 6.45) is -0.715. The second-order valence-electron chi connectivity index (χ2n) is 5.44. The number of halogens is 1. The molecule has 2 aromatic carbocycles. The Kier molecular flexibility index (Phi) is 5.56. The number of rotatable bonds is 5. The average molecular weight is 393 g/mol. The minimum atomic E-state index is -0.715. The highest BCUT2D eigenvalue weighted by Crippen LogP contribution is 2.27. The second-order valence-corrected chi connectivity index (χ2v) is 6.29. The molecule has 0 saturated carbocycles. The number of ether oxygens (including phenoxy) is 1. The van der Waals surface area contributed by atoms with E-state index >= 15 is 0 Å². The molecule has 0 radical (unpaired) electrons. The predicted molar refractivity (Wildman–Crippen MR) is 95.4 cm³/mol. The number of hydrogen-bond donors (Lipinski definition) is 1. The summed E-state index contributed by atoms with van der Waals surface area (Å²) in [5, 5.41) is 13.4. The van der Waals surface area contributed by atoms with Gasteiger partial charge in [-0.2, -0.15) is 0 Å². The van der Waals surface area contributed by atoms with Gasteiger partial charge in [0, 0.05) is 16.6 Å². The lowest BCUT2D eigenvalue weighted by Gasteiger charge is -2.17. The van der Waals surface area contributed by atoms with Crippen molar-refractivity contribution in [3.05, 3.63) is 62.1 Å². The maximum absolute atomic E-state index is 12.3. The number of nitrogens with one attached hydrogen (secondary N) is 1. The molecule has 0 aliphatic rings. The van der Waals surface area contributed by atoms with Crippen LogP contribution >= 0.6 is 15.9 Å². The van der Waals surface area contributed by atoms with Crippen LogP contribution in [0.4, 0.5) is 11.4 Å². The maximum atomic E-state index is 12.3. The summed E-state index contributed by atoms with van der Waals surface area (Å²) < 4.78 is 6.16. The Balaban J connectivity index is 2.09. The molecule has 2 aromatic rings. The summed E-state index contributed by atoms with van der Waals surface area (Å²) in [5.74, 6) is 0.311. The van der Waals surface area contributed by atoms with E-state index < -0.39 is 11.0 Å². The fourth-order valence-corrected chi connectivity index (χ4v) is 2.50. The number of aryl methyl sites for hydroxylation is 2. The van der Waals surface area contributed by atoms with Crippen molar-refractivity contribution in [3.8, 4) is 5.75 Å². The molecule has 0 bridgehead atoms. The molecular weight excluding hydrogens is 376 g/mol. The summed E-state index contributed by atoms with van der Waals surface area (Å²) in [5.41, 5.74) is 2.37. The summed E-state index contributed by atoms with van der Waals surface area (Å²) >= 11 is 3.22. The summed E-state index contributed by atoms with van der Waals surface area (Å²) in [7, 11) is 0. The molecule has 126 valence electrons. The molecule has 0 saturated heterocycles. The van der Waals surface area contributed by atoms with Gasteiger partial charge in [-0.3, -0.25) is 14.9 Å². The second kappa shape index (κ2) is 7.44. The fourth-order valence-electron chi connectivity index (χ4n) is 2.03. The number of nitro benzene ring substituents is 1. The SMILES string of the molecule is Cc1ccc(C)c(OC(C)C(=O)Nc2ccc([N+](=O)[O-])cc2Br)c1. The van der Waals surface area contributed by atoms with Crippen LogP contribution in [-0.4, -0.2) is 16.9 Å². The van der Waals surface area contributed by atoms with Crippen molar-refractivity contribution in [3.63, 3.8) is 0 Å². The molecule has 7 heteroatoms. The van der Waals surface area contributed by atoms with Crippen molar-refractivity contribution in [1.29, 1.82) is 0 Å². The molecule has 0 heterocycles. The van der Waals surface area contributed by atoms with E-state index in [-0.39, 0.29) is 11.6 Å². The van der Waals surface area contributed by atoms with Gasteiger partial charge in [0.1, 0.15) is 5.75 Å². The Morgan fingerprint density at radius 3 is 2.58 bits per heavy atom. The Bertz CT molecular complexity index is 792. The number of benzene rings is 2. The first kappa shape index (κ1) is 17.9. The Hall–Kier alpha value is -2.41. The number of nitrogens with zero attached hydrogens (tertiary/aromatic N) is 1. The molecule has 6 nitrogen and oxygen atoms in total. The number of non-ortho nitro benzene ring substituents is 1. The molecule has 0 spiro atoms. The molecule has 24 heavy (non-hydrogen) atoms. The van der Waals surface area contributed by atoms with Crippen LogP contribution in [0.3, 0.4) is 0 Å². The van der Waals surface area contributed by atoms with Crippen molar-refractivity contribution < 1.29 is 14.5 Å². The van der Waals surface area contributed by atoms with Crippen LogP contribution in [0.15, 0.2) is 40.9 Å². The van der Waals surface area contributed by atoms with E-state index in [0.717, 1.165) is 11.1 Å². The fraction of sp³-hybridized carbons (Fsp3) is 0.235. The summed E-state index contributed by atoms with van der Waals surface area (Å²) in [4.78, 5) is 22.5. The number of hydrogen-bond acceptors (Lipinski definition) is 4. The van der Waals surface area contributed by atoms with Gasteiger partial charge < -0.3 is 10.1 Å². The van der Waals surface area contributed by atoms with E-state index in [2.05, 4.69) is 21.2 Å². The molecular formula is C17H17BrN2O4. The Morgan fingerprint density at radius 1 is 1.25 bits per heavy atom. The first-order valence-electron chi connectivity index (χ1n) is 7.26. The number of anilines is 1. The Morgan fingerprint density at radius 2 is 1.96 bits per heavy atom. The van der Waals surface area contributed by atoms with Crippen LogP contribution < -0.4 is 10.1 Å². The zero-order chi connectivity index (χ0) is 17.9. The third-order valence-electron chi connectivity index (χ3n) is 3.44. The van der Waals surface area contributed by atoms with E-state index in [1.54, 1.807) is 6.92 Å². The average Bonchev–Trinajstić information content (AvgIpc) is 2.52. The molecule has 0 aliphatic heterocycles. The first-order chi connectivity index (χ1) is 11.3. The van der Waals surface area contributed by atoms with E-state index in [0.29, 0.717) is 15.9 Å². The van der Waals surface area contributed by atoms with E-state index in [1.165, 1.54) is 18.2 Å². The number of amides is 1. The standard InChI is InChI=1S/C17H17BrN2O4/c1-10-4-5-11(2)16(8-10)24-12(3)17(21)19-15-7-6-13(20(22)23)9-14(15)18/h4-9,12H,1-3H3,(H,19,21). The maximum Gasteiger partial charge on any atom is 0.270 e. The van der Waals surface area contributed by atoms with Gasteiger partial charge in [-0.1, -0.05) is 12.1 Å². The smallest absolute Gasteiger partial charge is 0.270 e. The molecule has 1 atom stereocenters. The van der Waals surface area contributed by atoms with Crippen molar-refractivity contribution in [1.82, 2.24) is 0 Å². The molecule has 2 rings (SSSR count). The number of carbonyl (C=O) groups is 1. The third-order valence-corrected chi connectivity index (χ3v) is 4.09. The summed E-state index contributed by atoms with van der Waals surface area (Å²) in [6, 6.07) is 9.93. The van der Waals surface area contributed by atoms with Gasteiger partial charge in [-0.05, 0) is 60.0 Å². The molecule has 1 N–H and O–H groups in total. The zero-order valence-electron chi connectivity index (χ0n) is 13.5. The minimum Gasteiger partial charge on any atom is -0.481 e. The molecule has 1 amide bonds. The van der Waals surface area contributed by atoms with Gasteiger partial charge in [0.25, 0.3) is 11.6 Å². The monoisotopic (exact) mass is 392 g/mol. The lowest BCUT2D eigenvalue weighted by atomic mass is 10.1. The molecule has 1 unspecified atom stereocenters. The Labute approximate surface area is 148 Å². The van der Waals surface area contributed by atoms with E-state index in [4.69, 9.17) is 4.74 Å². The van der Waals surface area contributed by atoms with Crippen molar-refractivity contribution in [2.24, 2.45) is 0 Å². The van der Waals surface area contributed by atoms with Gasteiger partial charge in [0.2, 0.25) is 0 Å². The molecule has 0 aromatic heterocycles. The highest BCUT2D eigenvalue weighted by atomic mass is 79.9. The van der Waals surface area contributed by atoms with Crippen molar-refractivity contribution >= 4 is 33.2 Å². The zero-order valence-corrected chi connectivity index (χ0v) is 15.1. The lowest BCUT2D eigenvalue weighted by Crippen LogP contribution is -2.30. The van der Waals surface area contributed by atoms with Crippen molar-refractivity contribution in [2.75, 3.05) is 5.32 Å². The number of nitro groups is 1. The molecule has 0 aliphatic carbocycles. The van der Waals surface area contributed by atoms with Crippen LogP contribution in [-0.2, 0) is 4.79 Å². The predicted octanol–water partition coefficient (Wildman–Crippen LogP) is 4.38. The van der Waals surface area contributed by atoms with Crippen LogP contribution in [0.5, 0.6) is 5.75 Å². The van der Waals surface area contributed by atoms with Crippen LogP contribution in [0.1, 0.15) is 18.1 Å². The van der Waals surface area contributed by atoms with Gasteiger partial charge in [0.15, 0.2) is 6.10 Å². The highest BCUT2D eigenvalue weighted by molar-refractivity contribution is 9.10. The van der Waals surface area contributed by atoms with Gasteiger partial charge in [0.05, 0.1) is 10.6 Å². The highest BCUT2D eigenvalue weighted by Gasteiger charge is 2.18. The van der Waals surface area contributed by atoms with Crippen LogP contribution in [0, 0.1) is 24.0 Å². The normalized spacial score (nSPS) is 11.7. The summed E-state index contributed by atoms with van der Waals surface area (Å²) in [6.45, 7) is 5.51. The quantitative estimate of drug-likeness (QED) is 0.604. The van der Waals surface area contributed by atoms with Gasteiger partial charge >= 0.3 is 0 Å². The van der Waals surface area contributed by atoms with Crippen molar-refractivity contribution in [2.45, 2.75) is 26.9 Å². The largest absolute Gasteiger partial charge is 0.481 e. The minimum absolute atomic E-state index is 0.0560. The first-order valence-corrected chi connectivity index (χ1v) is 8.06. The van der Waals surface area contributed by atoms with Gasteiger partial charge in [-0.25, -0.2) is 0 Å². The topological polar surface area (TPSA) is 81.5 Å². The van der Waals surface area contributed by atoms with E-state index in [9.17, 15) is 14.9 Å². The lowest BCUT2D eigenvalue weighted by molar-refractivity contribution is -0.384. The third kappa shape index (κ3) is 4.32. The molecule has 0 fully saturated rings. The van der Waals surface area contributed by atoms with Crippen LogP contribution in [0.25, 0.3) is 0 Å². The number of carbonyl (C=O) groups excluding carboxylic acids is 1. The van der Waals surface area contributed by atoms with Crippen LogP contribution in [0.2, 0.25) is 0 Å². The van der Waals surface area contributed by atoms with Gasteiger partial charge in [-0.15, -0.1) is 0 Å². The van der Waals surface area contributed by atoms with E-state index in [1.807, 2.05) is 32.0 Å².